The van der Waals surface area contributed by atoms with Crippen molar-refractivity contribution >= 4 is 43.4 Å². The molecule has 23 heavy (non-hydrogen) atoms. The smallest absolute Gasteiger partial charge is 0.220 e. The van der Waals surface area contributed by atoms with Gasteiger partial charge in [-0.25, -0.2) is 9.97 Å². The monoisotopic (exact) mass is 432 g/mol. The van der Waals surface area contributed by atoms with Crippen LogP contribution in [-0.2, 0) is 0 Å². The predicted molar refractivity (Wildman–Crippen MR) is 95.2 cm³/mol. The van der Waals surface area contributed by atoms with Gasteiger partial charge in [0.15, 0.2) is 5.75 Å². The van der Waals surface area contributed by atoms with E-state index in [4.69, 9.17) is 0 Å². The summed E-state index contributed by atoms with van der Waals surface area (Å²) in [6, 6.07) is 14.8. The maximum atomic E-state index is 10.3. The summed E-state index contributed by atoms with van der Waals surface area (Å²) >= 11 is 6.73. The number of hydrogen-bond acceptors (Lipinski definition) is 5. The van der Waals surface area contributed by atoms with E-state index < -0.39 is 0 Å². The minimum Gasteiger partial charge on any atom is -0.503 e. The van der Waals surface area contributed by atoms with Gasteiger partial charge in [0.25, 0.3) is 0 Å². The van der Waals surface area contributed by atoms with Gasteiger partial charge >= 0.3 is 0 Å². The van der Waals surface area contributed by atoms with E-state index in [2.05, 4.69) is 52.1 Å². The van der Waals surface area contributed by atoms with Gasteiger partial charge in [0.2, 0.25) is 5.82 Å². The lowest BCUT2D eigenvalue weighted by Crippen LogP contribution is -1.87. The second-order valence-corrected chi connectivity index (χ2v) is 6.41. The Morgan fingerprint density at radius 1 is 0.783 bits per heavy atom. The molecule has 3 aromatic rings. The maximum Gasteiger partial charge on any atom is 0.220 e. The van der Waals surface area contributed by atoms with Crippen LogP contribution in [0.1, 0.15) is 0 Å². The number of hydrogen-bond donors (Lipinski definition) is 1. The van der Waals surface area contributed by atoms with Gasteiger partial charge in [0, 0.05) is 14.5 Å². The molecule has 0 spiro atoms. The predicted octanol–water partition coefficient (Wildman–Crippen LogP) is 5.79. The summed E-state index contributed by atoms with van der Waals surface area (Å²) in [6.07, 6.45) is 1.35. The van der Waals surface area contributed by atoms with Crippen LogP contribution in [0.4, 0.5) is 11.5 Å². The van der Waals surface area contributed by atoms with E-state index in [9.17, 15) is 5.11 Å². The first-order chi connectivity index (χ1) is 11.1. The molecule has 7 heteroatoms. The fraction of sp³-hybridized carbons (Fsp3) is 0. The quantitative estimate of drug-likeness (QED) is 0.531. The van der Waals surface area contributed by atoms with Crippen LogP contribution in [0.25, 0.3) is 11.3 Å². The van der Waals surface area contributed by atoms with Crippen molar-refractivity contribution in [3.63, 3.8) is 0 Å². The molecule has 0 bridgehead atoms. The van der Waals surface area contributed by atoms with Crippen LogP contribution in [0.15, 0.2) is 74.0 Å². The Kier molecular flexibility index (Phi) is 4.78. The number of rotatable bonds is 3. The summed E-state index contributed by atoms with van der Waals surface area (Å²) in [7, 11) is 0. The molecule has 0 aliphatic carbocycles. The van der Waals surface area contributed by atoms with E-state index in [0.29, 0.717) is 11.4 Å². The van der Waals surface area contributed by atoms with Crippen LogP contribution >= 0.6 is 31.9 Å². The molecule has 1 aromatic heterocycles. The van der Waals surface area contributed by atoms with E-state index in [-0.39, 0.29) is 11.6 Å². The molecule has 0 atom stereocenters. The zero-order valence-electron chi connectivity index (χ0n) is 11.7. The average Bonchev–Trinajstić information content (AvgIpc) is 2.56. The van der Waals surface area contributed by atoms with E-state index in [1.807, 2.05) is 36.4 Å². The fourth-order valence-electron chi connectivity index (χ4n) is 1.87. The van der Waals surface area contributed by atoms with Crippen molar-refractivity contribution in [3.05, 3.63) is 63.8 Å². The zero-order chi connectivity index (χ0) is 16.2. The molecular formula is C16H10Br2N4O. The van der Waals surface area contributed by atoms with Gasteiger partial charge in [-0.15, -0.1) is 10.2 Å². The van der Waals surface area contributed by atoms with E-state index in [1.165, 1.54) is 6.33 Å². The molecule has 0 saturated carbocycles. The minimum atomic E-state index is -0.101. The third-order valence-electron chi connectivity index (χ3n) is 3.01. The number of nitrogens with zero attached hydrogens (tertiary/aromatic N) is 4. The van der Waals surface area contributed by atoms with Crippen molar-refractivity contribution < 1.29 is 5.11 Å². The lowest BCUT2D eigenvalue weighted by atomic mass is 10.1. The van der Waals surface area contributed by atoms with Crippen LogP contribution in [0, 0.1) is 0 Å². The third kappa shape index (κ3) is 3.80. The van der Waals surface area contributed by atoms with Gasteiger partial charge < -0.3 is 5.11 Å². The zero-order valence-corrected chi connectivity index (χ0v) is 14.9. The third-order valence-corrected chi connectivity index (χ3v) is 4.06. The summed E-state index contributed by atoms with van der Waals surface area (Å²) in [5, 5.41) is 18.4. The number of aromatic nitrogens is 2. The van der Waals surface area contributed by atoms with Crippen molar-refractivity contribution in [1.82, 2.24) is 9.97 Å². The summed E-state index contributed by atoms with van der Waals surface area (Å²) in [5.74, 6) is 0.0246. The molecule has 0 fully saturated rings. The lowest BCUT2D eigenvalue weighted by molar-refractivity contribution is 0.473. The molecule has 5 nitrogen and oxygen atoms in total. The Hall–Kier alpha value is -2.12. The highest BCUT2D eigenvalue weighted by molar-refractivity contribution is 9.10. The van der Waals surface area contributed by atoms with Gasteiger partial charge in [0.1, 0.15) is 12.0 Å². The van der Waals surface area contributed by atoms with Crippen LogP contribution in [0.5, 0.6) is 5.75 Å². The molecule has 0 radical (unpaired) electrons. The first kappa shape index (κ1) is 15.8. The Balaban J connectivity index is 1.93. The van der Waals surface area contributed by atoms with E-state index >= 15 is 0 Å². The molecule has 0 amide bonds. The molecule has 1 N–H and O–H groups in total. The second-order valence-electron chi connectivity index (χ2n) is 4.58. The van der Waals surface area contributed by atoms with Crippen LogP contribution in [0.3, 0.4) is 0 Å². The molecule has 1 heterocycles. The fourth-order valence-corrected chi connectivity index (χ4v) is 2.40. The second kappa shape index (κ2) is 6.97. The molecule has 2 aromatic carbocycles. The van der Waals surface area contributed by atoms with Gasteiger partial charge in [0.05, 0.1) is 5.69 Å². The Morgan fingerprint density at radius 3 is 2.04 bits per heavy atom. The van der Waals surface area contributed by atoms with Crippen LogP contribution in [0.2, 0.25) is 0 Å². The number of halogens is 2. The van der Waals surface area contributed by atoms with E-state index in [0.717, 1.165) is 14.5 Å². The Bertz CT molecular complexity index is 849. The largest absolute Gasteiger partial charge is 0.503 e. The summed E-state index contributed by atoms with van der Waals surface area (Å²) in [5.41, 5.74) is 1.85. The van der Waals surface area contributed by atoms with Gasteiger partial charge in [-0.05, 0) is 36.4 Å². The van der Waals surface area contributed by atoms with Gasteiger partial charge in [-0.3, -0.25) is 0 Å². The normalized spacial score (nSPS) is 11.0. The standard InChI is InChI=1S/C16H10Br2N4O/c17-11-3-1-10(2-4-11)14-15(23)16(20-9-19-14)22-21-13-7-5-12(18)6-8-13/h1-9,23H. The van der Waals surface area contributed by atoms with Crippen LogP contribution < -0.4 is 0 Å². The van der Waals surface area contributed by atoms with Gasteiger partial charge in [-0.1, -0.05) is 44.0 Å². The number of benzene rings is 2. The van der Waals surface area contributed by atoms with Crippen molar-refractivity contribution in [1.29, 1.82) is 0 Å². The molecule has 0 saturated heterocycles. The van der Waals surface area contributed by atoms with Crippen molar-refractivity contribution in [2.45, 2.75) is 0 Å². The number of aromatic hydroxyl groups is 1. The highest BCUT2D eigenvalue weighted by atomic mass is 79.9. The van der Waals surface area contributed by atoms with Crippen molar-refractivity contribution in [2.24, 2.45) is 10.2 Å². The molecular weight excluding hydrogens is 424 g/mol. The average molecular weight is 434 g/mol. The highest BCUT2D eigenvalue weighted by Crippen LogP contribution is 2.34. The van der Waals surface area contributed by atoms with Gasteiger partial charge in [-0.2, -0.15) is 0 Å². The number of azo groups is 1. The SMILES string of the molecule is Oc1c(N=Nc2ccc(Br)cc2)ncnc1-c1ccc(Br)cc1. The van der Waals surface area contributed by atoms with Crippen molar-refractivity contribution in [3.8, 4) is 17.0 Å². The maximum absolute atomic E-state index is 10.3. The Morgan fingerprint density at radius 2 is 1.39 bits per heavy atom. The lowest BCUT2D eigenvalue weighted by Gasteiger charge is -2.04. The summed E-state index contributed by atoms with van der Waals surface area (Å²) in [6.45, 7) is 0. The minimum absolute atomic E-state index is 0.101. The Labute approximate surface area is 149 Å². The topological polar surface area (TPSA) is 70.7 Å². The molecule has 0 unspecified atom stereocenters. The molecule has 0 aliphatic rings. The highest BCUT2D eigenvalue weighted by Gasteiger charge is 2.11. The first-order valence-electron chi connectivity index (χ1n) is 6.61. The summed E-state index contributed by atoms with van der Waals surface area (Å²) in [4.78, 5) is 8.10. The molecule has 0 aliphatic heterocycles. The molecule has 3 rings (SSSR count). The molecule has 114 valence electrons. The van der Waals surface area contributed by atoms with E-state index in [1.54, 1.807) is 12.1 Å². The first-order valence-corrected chi connectivity index (χ1v) is 8.19. The van der Waals surface area contributed by atoms with Crippen molar-refractivity contribution in [2.75, 3.05) is 0 Å². The summed E-state index contributed by atoms with van der Waals surface area (Å²) < 4.78 is 1.91. The van der Waals surface area contributed by atoms with Crippen LogP contribution in [-0.4, -0.2) is 15.1 Å².